The molecule has 1 atom stereocenters. The van der Waals surface area contributed by atoms with Crippen molar-refractivity contribution in [2.24, 2.45) is 0 Å². The Balaban J connectivity index is 2.13. The van der Waals surface area contributed by atoms with Crippen LogP contribution in [0.5, 0.6) is 0 Å². The van der Waals surface area contributed by atoms with Gasteiger partial charge in [-0.3, -0.25) is 0 Å². The number of nitrogens with one attached hydrogen (secondary N) is 1. The Labute approximate surface area is 74.1 Å². The predicted molar refractivity (Wildman–Crippen MR) is 44.4 cm³/mol. The van der Waals surface area contributed by atoms with Crippen molar-refractivity contribution in [1.29, 1.82) is 0 Å². The third-order valence-electron chi connectivity index (χ3n) is 1.75. The molecule has 0 aromatic heterocycles. The monoisotopic (exact) mass is 199 g/mol. The molecule has 1 saturated heterocycles. The lowest BCUT2D eigenvalue weighted by Crippen LogP contribution is -2.39. The highest BCUT2D eigenvalue weighted by molar-refractivity contribution is 7.99. The largest absolute Gasteiger partial charge is 0.401 e. The van der Waals surface area contributed by atoms with E-state index in [2.05, 4.69) is 5.32 Å². The summed E-state index contributed by atoms with van der Waals surface area (Å²) in [6.45, 7) is -0.849. The molecule has 0 aliphatic carbocycles. The molecule has 1 rings (SSSR count). The molecule has 1 heterocycles. The van der Waals surface area contributed by atoms with Crippen LogP contribution in [0.3, 0.4) is 0 Å². The van der Waals surface area contributed by atoms with E-state index in [9.17, 15) is 13.2 Å². The van der Waals surface area contributed by atoms with Gasteiger partial charge >= 0.3 is 6.18 Å². The Morgan fingerprint density at radius 3 is 2.67 bits per heavy atom. The molecule has 0 amide bonds. The fourth-order valence-corrected chi connectivity index (χ4v) is 2.27. The van der Waals surface area contributed by atoms with E-state index in [0.29, 0.717) is 0 Å². The summed E-state index contributed by atoms with van der Waals surface area (Å²) in [5.41, 5.74) is 0. The fraction of sp³-hybridized carbons (Fsp3) is 1.00. The standard InChI is InChI=1S/C7H12F3NS/c8-7(9,10)5-11-6-2-1-3-12-4-6/h6,11H,1-5H2. The summed E-state index contributed by atoms with van der Waals surface area (Å²) >= 11 is 1.72. The Bertz CT molecular complexity index is 131. The summed E-state index contributed by atoms with van der Waals surface area (Å²) in [7, 11) is 0. The maximum absolute atomic E-state index is 11.7. The number of alkyl halides is 3. The highest BCUT2D eigenvalue weighted by Gasteiger charge is 2.28. The summed E-state index contributed by atoms with van der Waals surface area (Å²) in [5.74, 6) is 1.90. The second kappa shape index (κ2) is 4.37. The van der Waals surface area contributed by atoms with Crippen LogP contribution in [0.15, 0.2) is 0 Å². The molecule has 1 N–H and O–H groups in total. The van der Waals surface area contributed by atoms with E-state index in [-0.39, 0.29) is 6.04 Å². The first-order valence-electron chi connectivity index (χ1n) is 3.96. The van der Waals surface area contributed by atoms with Crippen molar-refractivity contribution in [3.05, 3.63) is 0 Å². The van der Waals surface area contributed by atoms with Gasteiger partial charge in [0.05, 0.1) is 6.54 Å². The quantitative estimate of drug-likeness (QED) is 0.730. The zero-order chi connectivity index (χ0) is 9.03. The molecule has 72 valence electrons. The Morgan fingerprint density at radius 2 is 2.17 bits per heavy atom. The van der Waals surface area contributed by atoms with Gasteiger partial charge in [0.2, 0.25) is 0 Å². The normalized spacial score (nSPS) is 25.8. The summed E-state index contributed by atoms with van der Waals surface area (Å²) in [4.78, 5) is 0. The molecule has 12 heavy (non-hydrogen) atoms. The van der Waals surface area contributed by atoms with E-state index < -0.39 is 12.7 Å². The van der Waals surface area contributed by atoms with Crippen LogP contribution in [0, 0.1) is 0 Å². The Kier molecular flexibility index (Phi) is 3.71. The van der Waals surface area contributed by atoms with Gasteiger partial charge in [-0.25, -0.2) is 0 Å². The second-order valence-corrected chi connectivity index (χ2v) is 4.06. The van der Waals surface area contributed by atoms with Gasteiger partial charge in [0, 0.05) is 11.8 Å². The van der Waals surface area contributed by atoms with Crippen molar-refractivity contribution < 1.29 is 13.2 Å². The lowest BCUT2D eigenvalue weighted by molar-refractivity contribution is -0.126. The van der Waals surface area contributed by atoms with Crippen LogP contribution in [0.25, 0.3) is 0 Å². The number of rotatable bonds is 2. The third kappa shape index (κ3) is 4.21. The summed E-state index contributed by atoms with van der Waals surface area (Å²) < 4.78 is 35.2. The highest BCUT2D eigenvalue weighted by Crippen LogP contribution is 2.18. The molecule has 5 heteroatoms. The number of hydrogen-bond acceptors (Lipinski definition) is 2. The first-order chi connectivity index (χ1) is 5.58. The van der Waals surface area contributed by atoms with E-state index in [0.717, 1.165) is 24.3 Å². The molecular formula is C7H12F3NS. The predicted octanol–water partition coefficient (Wildman–Crippen LogP) is 2.03. The van der Waals surface area contributed by atoms with Gasteiger partial charge in [-0.2, -0.15) is 24.9 Å². The first-order valence-corrected chi connectivity index (χ1v) is 5.11. The lowest BCUT2D eigenvalue weighted by atomic mass is 10.2. The maximum atomic E-state index is 11.7. The molecule has 1 unspecified atom stereocenters. The van der Waals surface area contributed by atoms with Gasteiger partial charge < -0.3 is 5.32 Å². The molecule has 1 aliphatic rings. The molecule has 1 fully saturated rings. The fourth-order valence-electron chi connectivity index (χ4n) is 1.16. The SMILES string of the molecule is FC(F)(F)CNC1CCCSC1. The smallest absolute Gasteiger partial charge is 0.305 e. The summed E-state index contributed by atoms with van der Waals surface area (Å²) in [6.07, 6.45) is -2.16. The van der Waals surface area contributed by atoms with Crippen LogP contribution >= 0.6 is 11.8 Å². The maximum Gasteiger partial charge on any atom is 0.401 e. The van der Waals surface area contributed by atoms with Crippen molar-refractivity contribution in [3.8, 4) is 0 Å². The van der Waals surface area contributed by atoms with E-state index in [1.807, 2.05) is 0 Å². The molecule has 1 aliphatic heterocycles. The number of hydrogen-bond donors (Lipinski definition) is 1. The number of thioether (sulfide) groups is 1. The zero-order valence-corrected chi connectivity index (χ0v) is 7.47. The van der Waals surface area contributed by atoms with E-state index in [1.54, 1.807) is 11.8 Å². The number of halogens is 3. The molecular weight excluding hydrogens is 187 g/mol. The minimum Gasteiger partial charge on any atom is -0.305 e. The average Bonchev–Trinajstić information content (AvgIpc) is 2.02. The Morgan fingerprint density at radius 1 is 1.42 bits per heavy atom. The van der Waals surface area contributed by atoms with Crippen LogP contribution in [-0.2, 0) is 0 Å². The van der Waals surface area contributed by atoms with Gasteiger partial charge in [-0.05, 0) is 18.6 Å². The minimum atomic E-state index is -4.07. The minimum absolute atomic E-state index is 0.0605. The summed E-state index contributed by atoms with van der Waals surface area (Å²) in [6, 6.07) is 0.0605. The molecule has 0 bridgehead atoms. The zero-order valence-electron chi connectivity index (χ0n) is 6.66. The van der Waals surface area contributed by atoms with Crippen LogP contribution in [0.4, 0.5) is 13.2 Å². The van der Waals surface area contributed by atoms with Gasteiger partial charge in [0.15, 0.2) is 0 Å². The molecule has 0 radical (unpaired) electrons. The first kappa shape index (κ1) is 10.2. The summed E-state index contributed by atoms with van der Waals surface area (Å²) in [5, 5.41) is 2.52. The molecule has 0 aromatic rings. The van der Waals surface area contributed by atoms with Gasteiger partial charge in [0.1, 0.15) is 0 Å². The highest BCUT2D eigenvalue weighted by atomic mass is 32.2. The Hall–Kier alpha value is 0.100. The van der Waals surface area contributed by atoms with Crippen LogP contribution < -0.4 is 5.32 Å². The average molecular weight is 199 g/mol. The van der Waals surface area contributed by atoms with Gasteiger partial charge in [-0.1, -0.05) is 0 Å². The van der Waals surface area contributed by atoms with Crippen LogP contribution in [-0.4, -0.2) is 30.3 Å². The van der Waals surface area contributed by atoms with Crippen molar-refractivity contribution in [2.75, 3.05) is 18.1 Å². The van der Waals surface area contributed by atoms with E-state index >= 15 is 0 Å². The molecule has 0 aromatic carbocycles. The molecule has 0 saturated carbocycles. The van der Waals surface area contributed by atoms with Gasteiger partial charge in [-0.15, -0.1) is 0 Å². The molecule has 1 nitrogen and oxygen atoms in total. The van der Waals surface area contributed by atoms with Crippen molar-refractivity contribution in [2.45, 2.75) is 25.1 Å². The van der Waals surface area contributed by atoms with Gasteiger partial charge in [0.25, 0.3) is 0 Å². The van der Waals surface area contributed by atoms with Crippen molar-refractivity contribution in [3.63, 3.8) is 0 Å². The topological polar surface area (TPSA) is 12.0 Å². The van der Waals surface area contributed by atoms with Crippen molar-refractivity contribution in [1.82, 2.24) is 5.32 Å². The van der Waals surface area contributed by atoms with Crippen LogP contribution in [0.1, 0.15) is 12.8 Å². The van der Waals surface area contributed by atoms with E-state index in [1.165, 1.54) is 0 Å². The second-order valence-electron chi connectivity index (χ2n) is 2.91. The third-order valence-corrected chi connectivity index (χ3v) is 2.97. The van der Waals surface area contributed by atoms with Crippen molar-refractivity contribution >= 4 is 11.8 Å². The van der Waals surface area contributed by atoms with Crippen LogP contribution in [0.2, 0.25) is 0 Å². The van der Waals surface area contributed by atoms with E-state index in [4.69, 9.17) is 0 Å². The lowest BCUT2D eigenvalue weighted by Gasteiger charge is -2.23. The molecule has 0 spiro atoms.